The first-order valence-electron chi connectivity index (χ1n) is 9.76. The number of hydrogen-bond acceptors (Lipinski definition) is 6. The molecule has 0 saturated carbocycles. The highest BCUT2D eigenvalue weighted by Gasteiger charge is 2.41. The molecule has 2 amide bonds. The van der Waals surface area contributed by atoms with Gasteiger partial charge in [-0.3, -0.25) is 14.5 Å². The standard InChI is InChI=1S/C24H21N3O4/c1-30-18-10-8-16(9-11-18)25-26-22-13-12-19(31-2)14-20(22)21-15-23(28)27(24(21)29)17-6-4-3-5-7-17/h3-14,21H,15H2,1-2H3. The second-order valence-corrected chi connectivity index (χ2v) is 6.98. The molecule has 0 aliphatic carbocycles. The Labute approximate surface area is 179 Å². The number of anilines is 1. The first-order chi connectivity index (χ1) is 15.1. The molecule has 0 bridgehead atoms. The van der Waals surface area contributed by atoms with Gasteiger partial charge >= 0.3 is 0 Å². The zero-order chi connectivity index (χ0) is 21.8. The van der Waals surface area contributed by atoms with Gasteiger partial charge in [0.2, 0.25) is 11.8 Å². The molecule has 1 fully saturated rings. The number of rotatable bonds is 6. The largest absolute Gasteiger partial charge is 0.497 e. The van der Waals surface area contributed by atoms with E-state index in [9.17, 15) is 9.59 Å². The summed E-state index contributed by atoms with van der Waals surface area (Å²) in [6, 6.07) is 21.3. The van der Waals surface area contributed by atoms with E-state index in [0.717, 1.165) is 5.75 Å². The lowest BCUT2D eigenvalue weighted by Gasteiger charge is -2.16. The summed E-state index contributed by atoms with van der Waals surface area (Å²) in [6.45, 7) is 0. The van der Waals surface area contributed by atoms with Crippen molar-refractivity contribution in [1.82, 2.24) is 0 Å². The van der Waals surface area contributed by atoms with Crippen LogP contribution in [-0.4, -0.2) is 26.0 Å². The van der Waals surface area contributed by atoms with E-state index in [2.05, 4.69) is 10.2 Å². The molecule has 1 saturated heterocycles. The molecule has 3 aromatic rings. The maximum Gasteiger partial charge on any atom is 0.241 e. The quantitative estimate of drug-likeness (QED) is 0.411. The molecule has 1 aliphatic heterocycles. The van der Waals surface area contributed by atoms with Gasteiger partial charge in [-0.1, -0.05) is 18.2 Å². The van der Waals surface area contributed by atoms with E-state index in [0.29, 0.717) is 28.4 Å². The molecular weight excluding hydrogens is 394 g/mol. The summed E-state index contributed by atoms with van der Waals surface area (Å²) in [7, 11) is 3.15. The fraction of sp³-hybridized carbons (Fsp3) is 0.167. The van der Waals surface area contributed by atoms with Crippen LogP contribution in [0.5, 0.6) is 11.5 Å². The number of amides is 2. The fourth-order valence-corrected chi connectivity index (χ4v) is 3.51. The predicted octanol–water partition coefficient (Wildman–Crippen LogP) is 5.17. The molecule has 4 rings (SSSR count). The maximum atomic E-state index is 13.2. The molecular formula is C24H21N3O4. The molecule has 1 aliphatic rings. The van der Waals surface area contributed by atoms with Gasteiger partial charge in [0.1, 0.15) is 11.5 Å². The first kappa shape index (κ1) is 20.3. The normalized spacial score (nSPS) is 16.2. The first-order valence-corrected chi connectivity index (χ1v) is 9.76. The second kappa shape index (κ2) is 8.79. The van der Waals surface area contributed by atoms with Crippen LogP contribution in [0, 0.1) is 0 Å². The Morgan fingerprint density at radius 1 is 0.839 bits per heavy atom. The Hall–Kier alpha value is -4.00. The van der Waals surface area contributed by atoms with Crippen molar-refractivity contribution in [3.8, 4) is 11.5 Å². The van der Waals surface area contributed by atoms with Gasteiger partial charge in [-0.25, -0.2) is 0 Å². The summed E-state index contributed by atoms with van der Waals surface area (Å²) < 4.78 is 10.5. The van der Waals surface area contributed by atoms with Gasteiger partial charge in [-0.05, 0) is 60.2 Å². The van der Waals surface area contributed by atoms with Gasteiger partial charge < -0.3 is 9.47 Å². The molecule has 0 radical (unpaired) electrons. The summed E-state index contributed by atoms with van der Waals surface area (Å²) in [5.74, 6) is 0.108. The minimum atomic E-state index is -0.660. The number of hydrogen-bond donors (Lipinski definition) is 0. The minimum absolute atomic E-state index is 0.0615. The zero-order valence-corrected chi connectivity index (χ0v) is 17.2. The van der Waals surface area contributed by atoms with E-state index in [1.54, 1.807) is 80.9 Å². The van der Waals surface area contributed by atoms with Crippen molar-refractivity contribution >= 4 is 28.9 Å². The topological polar surface area (TPSA) is 80.6 Å². The van der Waals surface area contributed by atoms with Crippen molar-refractivity contribution in [3.63, 3.8) is 0 Å². The van der Waals surface area contributed by atoms with Gasteiger partial charge in [0, 0.05) is 6.42 Å². The van der Waals surface area contributed by atoms with Gasteiger partial charge in [0.15, 0.2) is 0 Å². The van der Waals surface area contributed by atoms with Crippen molar-refractivity contribution in [1.29, 1.82) is 0 Å². The van der Waals surface area contributed by atoms with Crippen LogP contribution in [0.4, 0.5) is 17.1 Å². The lowest BCUT2D eigenvalue weighted by Crippen LogP contribution is -2.29. The van der Waals surface area contributed by atoms with Crippen LogP contribution in [0.25, 0.3) is 0 Å². The Balaban J connectivity index is 1.68. The predicted molar refractivity (Wildman–Crippen MR) is 116 cm³/mol. The molecule has 3 aromatic carbocycles. The Morgan fingerprint density at radius 3 is 2.19 bits per heavy atom. The van der Waals surface area contributed by atoms with Crippen molar-refractivity contribution in [2.24, 2.45) is 10.2 Å². The van der Waals surface area contributed by atoms with Crippen molar-refractivity contribution in [3.05, 3.63) is 78.4 Å². The van der Waals surface area contributed by atoms with Crippen molar-refractivity contribution in [2.75, 3.05) is 19.1 Å². The highest BCUT2D eigenvalue weighted by Crippen LogP contribution is 2.39. The third-order valence-corrected chi connectivity index (χ3v) is 5.12. The van der Waals surface area contributed by atoms with Gasteiger partial charge in [-0.15, -0.1) is 0 Å². The Bertz CT molecular complexity index is 1130. The Kier molecular flexibility index (Phi) is 5.75. The summed E-state index contributed by atoms with van der Waals surface area (Å²) in [6.07, 6.45) is 0.0615. The van der Waals surface area contributed by atoms with Crippen LogP contribution < -0.4 is 14.4 Å². The highest BCUT2D eigenvalue weighted by atomic mass is 16.5. The van der Waals surface area contributed by atoms with Gasteiger partial charge in [0.25, 0.3) is 0 Å². The van der Waals surface area contributed by atoms with E-state index in [4.69, 9.17) is 9.47 Å². The van der Waals surface area contributed by atoms with E-state index in [1.165, 1.54) is 4.90 Å². The number of methoxy groups -OCH3 is 2. The molecule has 7 nitrogen and oxygen atoms in total. The third kappa shape index (κ3) is 4.16. The van der Waals surface area contributed by atoms with E-state index < -0.39 is 5.92 Å². The van der Waals surface area contributed by atoms with E-state index in [1.807, 2.05) is 6.07 Å². The summed E-state index contributed by atoms with van der Waals surface area (Å²) in [5, 5.41) is 8.64. The summed E-state index contributed by atoms with van der Waals surface area (Å²) in [4.78, 5) is 27.1. The molecule has 0 spiro atoms. The molecule has 31 heavy (non-hydrogen) atoms. The average molecular weight is 415 g/mol. The maximum absolute atomic E-state index is 13.2. The van der Waals surface area contributed by atoms with Gasteiger partial charge in [-0.2, -0.15) is 10.2 Å². The second-order valence-electron chi connectivity index (χ2n) is 6.98. The van der Waals surface area contributed by atoms with Crippen LogP contribution in [0.1, 0.15) is 17.9 Å². The van der Waals surface area contributed by atoms with E-state index >= 15 is 0 Å². The number of imide groups is 1. The fourth-order valence-electron chi connectivity index (χ4n) is 3.51. The third-order valence-electron chi connectivity index (χ3n) is 5.12. The number of benzene rings is 3. The van der Waals surface area contributed by atoms with Crippen LogP contribution in [0.3, 0.4) is 0 Å². The number of carbonyl (C=O) groups excluding carboxylic acids is 2. The van der Waals surface area contributed by atoms with Crippen molar-refractivity contribution in [2.45, 2.75) is 12.3 Å². The van der Waals surface area contributed by atoms with Crippen molar-refractivity contribution < 1.29 is 19.1 Å². The number of carbonyl (C=O) groups is 2. The summed E-state index contributed by atoms with van der Waals surface area (Å²) in [5.41, 5.74) is 2.32. The van der Waals surface area contributed by atoms with Crippen LogP contribution >= 0.6 is 0 Å². The molecule has 1 heterocycles. The highest BCUT2D eigenvalue weighted by molar-refractivity contribution is 6.23. The Morgan fingerprint density at radius 2 is 1.52 bits per heavy atom. The number of para-hydroxylation sites is 1. The molecule has 1 atom stereocenters. The molecule has 0 N–H and O–H groups in total. The molecule has 1 unspecified atom stereocenters. The lowest BCUT2D eigenvalue weighted by atomic mass is 9.95. The monoisotopic (exact) mass is 415 g/mol. The SMILES string of the molecule is COc1ccc(N=Nc2ccc(OC)cc2C2CC(=O)N(c3ccccc3)C2=O)cc1. The zero-order valence-electron chi connectivity index (χ0n) is 17.2. The number of ether oxygens (including phenoxy) is 2. The van der Waals surface area contributed by atoms with E-state index in [-0.39, 0.29) is 18.2 Å². The molecule has 156 valence electrons. The molecule has 7 heteroatoms. The van der Waals surface area contributed by atoms with Crippen LogP contribution in [0.15, 0.2) is 83.0 Å². The van der Waals surface area contributed by atoms with Crippen LogP contribution in [0.2, 0.25) is 0 Å². The number of azo groups is 1. The summed E-state index contributed by atoms with van der Waals surface area (Å²) >= 11 is 0. The average Bonchev–Trinajstić information content (AvgIpc) is 3.12. The number of nitrogens with zero attached hydrogens (tertiary/aromatic N) is 3. The molecule has 0 aromatic heterocycles. The smallest absolute Gasteiger partial charge is 0.241 e. The lowest BCUT2D eigenvalue weighted by molar-refractivity contribution is -0.121. The minimum Gasteiger partial charge on any atom is -0.497 e. The van der Waals surface area contributed by atoms with Crippen LogP contribution in [-0.2, 0) is 9.59 Å². The van der Waals surface area contributed by atoms with Gasteiger partial charge in [0.05, 0.1) is 37.2 Å².